The molecule has 3 aromatic heterocycles. The zero-order chi connectivity index (χ0) is 29.1. The Hall–Kier alpha value is -4.33. The molecule has 1 aromatic carbocycles. The Kier molecular flexibility index (Phi) is 10.1. The van der Waals surface area contributed by atoms with E-state index in [4.69, 9.17) is 4.74 Å². The molecule has 42 heavy (non-hydrogen) atoms. The summed E-state index contributed by atoms with van der Waals surface area (Å²) in [6.45, 7) is 0. The maximum atomic E-state index is 12.5. The maximum absolute atomic E-state index is 12.5. The molecule has 216 valence electrons. The molecule has 0 saturated heterocycles. The van der Waals surface area contributed by atoms with Crippen molar-refractivity contribution in [2.45, 2.75) is 76.0 Å². The predicted molar refractivity (Wildman–Crippen MR) is 159 cm³/mol. The van der Waals surface area contributed by atoms with Crippen LogP contribution < -0.4 is 4.74 Å². The second-order valence-corrected chi connectivity index (χ2v) is 11.1. The van der Waals surface area contributed by atoms with Crippen molar-refractivity contribution in [3.8, 4) is 5.75 Å². The fraction of sp³-hybridized carbons (Fsp3) is 0.382. The lowest BCUT2D eigenvalue weighted by atomic mass is 9.78. The molecule has 0 bridgehead atoms. The number of pyridine rings is 1. The first kappa shape index (κ1) is 29.2. The molecule has 8 heteroatoms. The zero-order valence-corrected chi connectivity index (χ0v) is 24.1. The molecule has 4 aromatic rings. The average Bonchev–Trinajstić information content (AvgIpc) is 3.04. The third-order valence-corrected chi connectivity index (χ3v) is 7.95. The third kappa shape index (κ3) is 8.35. The number of aryl methyl sites for hydroxylation is 2. The van der Waals surface area contributed by atoms with Crippen LogP contribution in [0.25, 0.3) is 0 Å². The number of methoxy groups -OCH3 is 1. The minimum absolute atomic E-state index is 0.154. The van der Waals surface area contributed by atoms with Gasteiger partial charge in [-0.15, -0.1) is 0 Å². The lowest BCUT2D eigenvalue weighted by molar-refractivity contribution is -0.119. The van der Waals surface area contributed by atoms with Crippen LogP contribution in [0.4, 0.5) is 0 Å². The van der Waals surface area contributed by atoms with Gasteiger partial charge in [0.05, 0.1) is 29.9 Å². The van der Waals surface area contributed by atoms with Crippen LogP contribution in [0.3, 0.4) is 0 Å². The Morgan fingerprint density at radius 3 is 1.98 bits per heavy atom. The molecule has 5 rings (SSSR count). The summed E-state index contributed by atoms with van der Waals surface area (Å²) >= 11 is 0. The summed E-state index contributed by atoms with van der Waals surface area (Å²) < 4.78 is 5.25. The van der Waals surface area contributed by atoms with Gasteiger partial charge in [-0.25, -0.2) is 0 Å². The van der Waals surface area contributed by atoms with E-state index in [0.717, 1.165) is 65.5 Å². The van der Waals surface area contributed by atoms with Gasteiger partial charge in [0.25, 0.3) is 0 Å². The molecule has 0 N–H and O–H groups in total. The summed E-state index contributed by atoms with van der Waals surface area (Å²) in [5, 5.41) is 18.0. The van der Waals surface area contributed by atoms with Crippen LogP contribution in [-0.2, 0) is 35.3 Å². The second-order valence-electron chi connectivity index (χ2n) is 11.1. The van der Waals surface area contributed by atoms with E-state index in [2.05, 4.69) is 37.5 Å². The fourth-order valence-electron chi connectivity index (χ4n) is 5.60. The Bertz CT molecular complexity index is 1460. The quantitative estimate of drug-likeness (QED) is 0.207. The van der Waals surface area contributed by atoms with Crippen molar-refractivity contribution in [2.24, 2.45) is 0 Å². The highest BCUT2D eigenvalue weighted by Crippen LogP contribution is 2.39. The number of Topliss-reactive ketones (excluding diaryl/α,β-unsaturated/α-hetero) is 2. The standard InChI is InChI=1S/C34H37N5O3/c1-42-32-10-4-6-24(21-32)20-30(40)15-11-27-13-17-33(38-36-27)25-7-5-8-26(22-25)34-18-14-28(37-39-34)12-16-31(41)23-29-9-2-3-19-35-29/h2-4,6,9-10,13-14,17-19,21,25-26H,5,7-8,11-12,15-16,20,22-23H2,1H3. The zero-order valence-electron chi connectivity index (χ0n) is 24.1. The Morgan fingerprint density at radius 2 is 1.40 bits per heavy atom. The van der Waals surface area contributed by atoms with Crippen LogP contribution >= 0.6 is 0 Å². The second kappa shape index (κ2) is 14.5. The van der Waals surface area contributed by atoms with Crippen LogP contribution in [-0.4, -0.2) is 44.1 Å². The van der Waals surface area contributed by atoms with E-state index >= 15 is 0 Å². The molecule has 3 heterocycles. The Balaban J connectivity index is 1.08. The lowest BCUT2D eigenvalue weighted by Crippen LogP contribution is -2.16. The molecule has 0 spiro atoms. The topological polar surface area (TPSA) is 108 Å². The maximum Gasteiger partial charge on any atom is 0.139 e. The van der Waals surface area contributed by atoms with Crippen molar-refractivity contribution in [1.29, 1.82) is 0 Å². The number of carbonyl (C=O) groups is 2. The number of nitrogens with zero attached hydrogens (tertiary/aromatic N) is 5. The van der Waals surface area contributed by atoms with Gasteiger partial charge in [-0.1, -0.05) is 24.6 Å². The number of carbonyl (C=O) groups excluding carboxylic acids is 2. The van der Waals surface area contributed by atoms with Gasteiger partial charge in [-0.05, 0) is 86.2 Å². The van der Waals surface area contributed by atoms with Gasteiger partial charge in [0.1, 0.15) is 17.3 Å². The van der Waals surface area contributed by atoms with Crippen LogP contribution in [0.2, 0.25) is 0 Å². The minimum atomic E-state index is 0.154. The number of benzene rings is 1. The summed E-state index contributed by atoms with van der Waals surface area (Å²) in [4.78, 5) is 29.1. The van der Waals surface area contributed by atoms with Crippen molar-refractivity contribution in [3.05, 3.63) is 107 Å². The monoisotopic (exact) mass is 563 g/mol. The summed E-state index contributed by atoms with van der Waals surface area (Å²) in [5.41, 5.74) is 5.43. The molecule has 1 fully saturated rings. The van der Waals surface area contributed by atoms with Gasteiger partial charge in [0.2, 0.25) is 0 Å². The van der Waals surface area contributed by atoms with Crippen LogP contribution in [0.15, 0.2) is 72.9 Å². The first-order chi connectivity index (χ1) is 20.6. The van der Waals surface area contributed by atoms with E-state index in [-0.39, 0.29) is 11.6 Å². The van der Waals surface area contributed by atoms with E-state index in [1.807, 2.05) is 54.6 Å². The first-order valence-electron chi connectivity index (χ1n) is 14.8. The number of ether oxygens (including phenoxy) is 1. The summed E-state index contributed by atoms with van der Waals surface area (Å²) in [6.07, 6.45) is 8.70. The SMILES string of the molecule is COc1cccc(CC(=O)CCc2ccc(C3CCCC(c4ccc(CCC(=O)Cc5ccccn5)nn4)C3)nn2)c1. The summed E-state index contributed by atoms with van der Waals surface area (Å²) in [5.74, 6) is 1.74. The smallest absolute Gasteiger partial charge is 0.139 e. The van der Waals surface area contributed by atoms with Crippen molar-refractivity contribution >= 4 is 11.6 Å². The molecular formula is C34H37N5O3. The van der Waals surface area contributed by atoms with E-state index in [9.17, 15) is 9.59 Å². The molecule has 0 radical (unpaired) electrons. The van der Waals surface area contributed by atoms with E-state index < -0.39 is 0 Å². The molecule has 1 aliphatic rings. The van der Waals surface area contributed by atoms with Gasteiger partial charge in [-0.3, -0.25) is 14.6 Å². The minimum Gasteiger partial charge on any atom is -0.497 e. The number of ketones is 2. The Labute approximate surface area is 247 Å². The molecule has 2 unspecified atom stereocenters. The average molecular weight is 564 g/mol. The van der Waals surface area contributed by atoms with Gasteiger partial charge in [0.15, 0.2) is 0 Å². The third-order valence-electron chi connectivity index (χ3n) is 7.95. The van der Waals surface area contributed by atoms with Crippen LogP contribution in [0.1, 0.15) is 84.4 Å². The molecular weight excluding hydrogens is 526 g/mol. The van der Waals surface area contributed by atoms with Crippen LogP contribution in [0, 0.1) is 0 Å². The van der Waals surface area contributed by atoms with E-state index in [1.165, 1.54) is 0 Å². The molecule has 2 atom stereocenters. The normalized spacial score (nSPS) is 16.6. The number of rotatable bonds is 13. The predicted octanol–water partition coefficient (Wildman–Crippen LogP) is 5.60. The fourth-order valence-corrected chi connectivity index (χ4v) is 5.60. The molecule has 0 aliphatic heterocycles. The summed E-state index contributed by atoms with van der Waals surface area (Å²) in [7, 11) is 1.63. The first-order valence-corrected chi connectivity index (χ1v) is 14.8. The van der Waals surface area contributed by atoms with E-state index in [1.54, 1.807) is 13.3 Å². The largest absolute Gasteiger partial charge is 0.497 e. The van der Waals surface area contributed by atoms with Gasteiger partial charge < -0.3 is 4.74 Å². The van der Waals surface area contributed by atoms with Crippen molar-refractivity contribution in [1.82, 2.24) is 25.4 Å². The summed E-state index contributed by atoms with van der Waals surface area (Å²) in [6, 6.07) is 21.4. The number of hydrogen-bond acceptors (Lipinski definition) is 8. The van der Waals surface area contributed by atoms with Crippen molar-refractivity contribution in [2.75, 3.05) is 7.11 Å². The molecule has 0 amide bonds. The van der Waals surface area contributed by atoms with Gasteiger partial charge in [-0.2, -0.15) is 20.4 Å². The lowest BCUT2D eigenvalue weighted by Gasteiger charge is -2.28. The Morgan fingerprint density at radius 1 is 0.738 bits per heavy atom. The highest BCUT2D eigenvalue weighted by atomic mass is 16.5. The number of aromatic nitrogens is 5. The molecule has 1 aliphatic carbocycles. The van der Waals surface area contributed by atoms with Gasteiger partial charge in [0, 0.05) is 49.4 Å². The van der Waals surface area contributed by atoms with Crippen LogP contribution in [0.5, 0.6) is 5.75 Å². The van der Waals surface area contributed by atoms with Crippen molar-refractivity contribution in [3.63, 3.8) is 0 Å². The highest BCUT2D eigenvalue weighted by Gasteiger charge is 2.26. The highest BCUT2D eigenvalue weighted by molar-refractivity contribution is 5.81. The van der Waals surface area contributed by atoms with Crippen molar-refractivity contribution < 1.29 is 14.3 Å². The molecule has 1 saturated carbocycles. The molecule has 8 nitrogen and oxygen atoms in total. The van der Waals surface area contributed by atoms with Gasteiger partial charge >= 0.3 is 0 Å². The number of hydrogen-bond donors (Lipinski definition) is 0. The van der Waals surface area contributed by atoms with E-state index in [0.29, 0.717) is 50.4 Å².